The molecule has 1 aromatic rings. The molecule has 0 aliphatic rings. The van der Waals surface area contributed by atoms with Gasteiger partial charge in [0.05, 0.1) is 14.2 Å². The number of hydrogen-bond acceptors (Lipinski definition) is 8. The highest BCUT2D eigenvalue weighted by Crippen LogP contribution is 2.48. The van der Waals surface area contributed by atoms with Crippen LogP contribution >= 0.6 is 0 Å². The van der Waals surface area contributed by atoms with Crippen LogP contribution in [0.4, 0.5) is 0 Å². The second-order valence-electron chi connectivity index (χ2n) is 4.56. The maximum Gasteiger partial charge on any atom is 0.311 e. The number of nitrogens with one attached hydrogen (secondary N) is 1. The Morgan fingerprint density at radius 2 is 1.83 bits per heavy atom. The summed E-state index contributed by atoms with van der Waals surface area (Å²) in [6, 6.07) is 0. The number of aromatic hydroxyl groups is 2. The molecule has 0 heterocycles. The molecule has 0 aromatic heterocycles. The van der Waals surface area contributed by atoms with Crippen LogP contribution in [0.5, 0.6) is 23.0 Å². The summed E-state index contributed by atoms with van der Waals surface area (Å²) >= 11 is 0. The highest BCUT2D eigenvalue weighted by molar-refractivity contribution is 5.74. The van der Waals surface area contributed by atoms with Crippen LogP contribution < -0.4 is 15.0 Å². The number of benzene rings is 1. The lowest BCUT2D eigenvalue weighted by Crippen LogP contribution is -2.19. The molecule has 0 fully saturated rings. The molecule has 0 atom stereocenters. The third-order valence-corrected chi connectivity index (χ3v) is 3.13. The quantitative estimate of drug-likeness (QED) is 0.272. The van der Waals surface area contributed by atoms with Crippen molar-refractivity contribution in [1.82, 2.24) is 5.48 Å². The number of hydrogen-bond donors (Lipinski definition) is 3. The van der Waals surface area contributed by atoms with Gasteiger partial charge in [0.1, 0.15) is 0 Å². The van der Waals surface area contributed by atoms with Gasteiger partial charge in [0, 0.05) is 17.7 Å². The summed E-state index contributed by atoms with van der Waals surface area (Å²) < 4.78 is 10.1. The Labute approximate surface area is 133 Å². The van der Waals surface area contributed by atoms with Crippen molar-refractivity contribution in [3.63, 3.8) is 0 Å². The first kappa shape index (κ1) is 18.4. The van der Waals surface area contributed by atoms with Crippen LogP contribution in [-0.2, 0) is 4.94 Å². The second kappa shape index (κ2) is 8.69. The Bertz CT molecular complexity index is 587. The van der Waals surface area contributed by atoms with E-state index in [1.54, 1.807) is 19.1 Å². The van der Waals surface area contributed by atoms with Crippen LogP contribution in [0.3, 0.4) is 0 Å². The predicted molar refractivity (Wildman–Crippen MR) is 82.0 cm³/mol. The van der Waals surface area contributed by atoms with Gasteiger partial charge in [-0.3, -0.25) is 0 Å². The standard InChI is InChI=1S/C14H20N2O7/c1-9-10(7-5-4-6-8-15-23-16(19)20)12(18)14(22-3)13(21-2)11(9)17/h5,7,15,17-18H,4,6,8H2,1-3H3. The third-order valence-electron chi connectivity index (χ3n) is 3.13. The van der Waals surface area contributed by atoms with E-state index >= 15 is 0 Å². The molecule has 0 aliphatic heterocycles. The maximum atomic E-state index is 10.2. The summed E-state index contributed by atoms with van der Waals surface area (Å²) in [5.41, 5.74) is 3.05. The molecule has 0 aliphatic carbocycles. The number of nitrogens with zero attached hydrogens (tertiary/aromatic N) is 1. The Balaban J connectivity index is 2.78. The Hall–Kier alpha value is -2.68. The molecule has 1 aromatic carbocycles. The first-order valence-electron chi connectivity index (χ1n) is 6.81. The fourth-order valence-electron chi connectivity index (χ4n) is 1.99. The van der Waals surface area contributed by atoms with Crippen LogP contribution in [0.25, 0.3) is 6.08 Å². The van der Waals surface area contributed by atoms with E-state index in [-0.39, 0.29) is 23.0 Å². The molecule has 23 heavy (non-hydrogen) atoms. The van der Waals surface area contributed by atoms with Crippen molar-refractivity contribution in [1.29, 1.82) is 0 Å². The van der Waals surface area contributed by atoms with E-state index in [9.17, 15) is 20.3 Å². The molecule has 0 unspecified atom stereocenters. The summed E-state index contributed by atoms with van der Waals surface area (Å²) in [6.07, 6.45) is 4.58. The van der Waals surface area contributed by atoms with Crippen LogP contribution in [0, 0.1) is 17.0 Å². The predicted octanol–water partition coefficient (Wildman–Crippen LogP) is 1.93. The molecule has 128 valence electrons. The Morgan fingerprint density at radius 3 is 2.39 bits per heavy atom. The largest absolute Gasteiger partial charge is 0.504 e. The Morgan fingerprint density at radius 1 is 1.22 bits per heavy atom. The average Bonchev–Trinajstić information content (AvgIpc) is 2.52. The maximum absolute atomic E-state index is 10.2. The van der Waals surface area contributed by atoms with Crippen molar-refractivity contribution < 1.29 is 29.7 Å². The molecule has 0 saturated heterocycles. The monoisotopic (exact) mass is 328 g/mol. The van der Waals surface area contributed by atoms with Gasteiger partial charge in [0.2, 0.25) is 11.5 Å². The van der Waals surface area contributed by atoms with E-state index in [2.05, 4.69) is 10.4 Å². The number of methoxy groups -OCH3 is 2. The van der Waals surface area contributed by atoms with Crippen LogP contribution in [0.2, 0.25) is 0 Å². The van der Waals surface area contributed by atoms with Gasteiger partial charge in [-0.15, -0.1) is 10.1 Å². The topological polar surface area (TPSA) is 123 Å². The fraction of sp³-hybridized carbons (Fsp3) is 0.429. The van der Waals surface area contributed by atoms with Gasteiger partial charge in [-0.25, -0.2) is 4.94 Å². The molecule has 0 amide bonds. The molecule has 0 radical (unpaired) electrons. The zero-order chi connectivity index (χ0) is 17.4. The second-order valence-corrected chi connectivity index (χ2v) is 4.56. The van der Waals surface area contributed by atoms with Crippen molar-refractivity contribution in [3.05, 3.63) is 27.3 Å². The number of phenols is 2. The SMILES string of the molecule is COc1c(O)c(C)c(C=CCCCNO[N+](=O)[O-])c(O)c1OC. The minimum atomic E-state index is -0.927. The van der Waals surface area contributed by atoms with Crippen LogP contribution in [-0.4, -0.2) is 36.1 Å². The van der Waals surface area contributed by atoms with E-state index in [1.165, 1.54) is 14.2 Å². The smallest absolute Gasteiger partial charge is 0.311 e. The zero-order valence-corrected chi connectivity index (χ0v) is 13.2. The molecular formula is C14H20N2O7. The number of phenolic OH excluding ortho intramolecular Hbond substituents is 2. The Kier molecular flexibility index (Phi) is 6.94. The van der Waals surface area contributed by atoms with E-state index in [1.807, 2.05) is 0 Å². The molecule has 9 heteroatoms. The van der Waals surface area contributed by atoms with Crippen molar-refractivity contribution in [2.24, 2.45) is 0 Å². The molecule has 9 nitrogen and oxygen atoms in total. The van der Waals surface area contributed by atoms with E-state index in [4.69, 9.17) is 9.47 Å². The summed E-state index contributed by atoms with van der Waals surface area (Å²) in [7, 11) is 2.73. The van der Waals surface area contributed by atoms with Crippen molar-refractivity contribution >= 4 is 6.08 Å². The van der Waals surface area contributed by atoms with Crippen LogP contribution in [0.15, 0.2) is 6.08 Å². The number of unbranched alkanes of at least 4 members (excludes halogenated alkanes) is 1. The first-order valence-corrected chi connectivity index (χ1v) is 6.81. The van der Waals surface area contributed by atoms with Gasteiger partial charge in [-0.05, 0) is 19.8 Å². The lowest BCUT2D eigenvalue weighted by Gasteiger charge is -2.16. The van der Waals surface area contributed by atoms with Gasteiger partial charge < -0.3 is 19.7 Å². The van der Waals surface area contributed by atoms with Gasteiger partial charge in [-0.2, -0.15) is 5.48 Å². The molecule has 3 N–H and O–H groups in total. The molecule has 0 saturated carbocycles. The lowest BCUT2D eigenvalue weighted by atomic mass is 10.0. The highest BCUT2D eigenvalue weighted by Gasteiger charge is 2.21. The van der Waals surface area contributed by atoms with Crippen molar-refractivity contribution in [2.75, 3.05) is 20.8 Å². The fourth-order valence-corrected chi connectivity index (χ4v) is 1.99. The average molecular weight is 328 g/mol. The van der Waals surface area contributed by atoms with Gasteiger partial charge in [-0.1, -0.05) is 12.2 Å². The summed E-state index contributed by atoms with van der Waals surface area (Å²) in [4.78, 5) is 13.9. The van der Waals surface area contributed by atoms with E-state index in [0.717, 1.165) is 0 Å². The summed E-state index contributed by atoms with van der Waals surface area (Å²) in [6.45, 7) is 1.94. The number of allylic oxidation sites excluding steroid dienone is 1. The van der Waals surface area contributed by atoms with Crippen molar-refractivity contribution in [2.45, 2.75) is 19.8 Å². The lowest BCUT2D eigenvalue weighted by molar-refractivity contribution is -0.776. The van der Waals surface area contributed by atoms with Crippen molar-refractivity contribution in [3.8, 4) is 23.0 Å². The van der Waals surface area contributed by atoms with Crippen LogP contribution in [0.1, 0.15) is 24.0 Å². The third kappa shape index (κ3) is 4.65. The molecule has 0 spiro atoms. The highest BCUT2D eigenvalue weighted by atomic mass is 17.0. The number of hydroxylamine groups is 1. The molecular weight excluding hydrogens is 308 g/mol. The zero-order valence-electron chi connectivity index (χ0n) is 13.2. The van der Waals surface area contributed by atoms with E-state index < -0.39 is 5.09 Å². The number of ether oxygens (including phenoxy) is 2. The number of rotatable bonds is 9. The molecule has 1 rings (SSSR count). The summed E-state index contributed by atoms with van der Waals surface area (Å²) in [5.74, 6) is -0.120. The minimum absolute atomic E-state index is 0.0521. The van der Waals surface area contributed by atoms with Gasteiger partial charge in [0.25, 0.3) is 0 Å². The van der Waals surface area contributed by atoms with Gasteiger partial charge >= 0.3 is 5.09 Å². The normalized spacial score (nSPS) is 10.7. The van der Waals surface area contributed by atoms with Gasteiger partial charge in [0.15, 0.2) is 11.5 Å². The van der Waals surface area contributed by atoms with E-state index in [0.29, 0.717) is 30.5 Å². The molecule has 0 bridgehead atoms. The first-order chi connectivity index (χ1) is 10.9. The minimum Gasteiger partial charge on any atom is -0.504 e. The summed E-state index contributed by atoms with van der Waals surface area (Å²) in [5, 5.41) is 29.3.